The number of rotatable bonds is 4. The number of hydrogen-bond donors (Lipinski definition) is 0. The molecule has 1 atom stereocenters. The summed E-state index contributed by atoms with van der Waals surface area (Å²) in [6.07, 6.45) is -0.0313. The Morgan fingerprint density at radius 2 is 1.94 bits per heavy atom. The van der Waals surface area contributed by atoms with Crippen LogP contribution in [-0.4, -0.2) is 24.1 Å². The second-order valence-electron chi connectivity index (χ2n) is 5.70. The van der Waals surface area contributed by atoms with Gasteiger partial charge in [-0.1, -0.05) is 30.3 Å². The SMILES string of the molecule is CC1(C)OC[C@@H](C(C)(C)OCc2ccccc2)O1. The quantitative estimate of drug-likeness (QED) is 0.821. The Morgan fingerprint density at radius 1 is 1.28 bits per heavy atom. The molecule has 1 aliphatic rings. The van der Waals surface area contributed by atoms with Crippen LogP contribution in [0.2, 0.25) is 0 Å². The van der Waals surface area contributed by atoms with Crippen LogP contribution >= 0.6 is 0 Å². The molecule has 0 aliphatic carbocycles. The van der Waals surface area contributed by atoms with Crippen molar-refractivity contribution in [2.24, 2.45) is 0 Å². The van der Waals surface area contributed by atoms with Gasteiger partial charge in [-0.3, -0.25) is 0 Å². The lowest BCUT2D eigenvalue weighted by molar-refractivity contribution is -0.177. The molecule has 2 rings (SSSR count). The van der Waals surface area contributed by atoms with Crippen LogP contribution in [0.4, 0.5) is 0 Å². The summed E-state index contributed by atoms with van der Waals surface area (Å²) in [6, 6.07) is 10.2. The maximum absolute atomic E-state index is 5.99. The van der Waals surface area contributed by atoms with Gasteiger partial charge in [-0.25, -0.2) is 0 Å². The van der Waals surface area contributed by atoms with Crippen LogP contribution in [0, 0.1) is 0 Å². The van der Waals surface area contributed by atoms with Crippen LogP contribution in [0.1, 0.15) is 33.3 Å². The fourth-order valence-electron chi connectivity index (χ4n) is 1.97. The Morgan fingerprint density at radius 3 is 2.50 bits per heavy atom. The minimum Gasteiger partial charge on any atom is -0.368 e. The Bertz CT molecular complexity index is 384. The molecule has 1 aromatic rings. The molecule has 1 aromatic carbocycles. The summed E-state index contributed by atoms with van der Waals surface area (Å²) >= 11 is 0. The number of hydrogen-bond acceptors (Lipinski definition) is 3. The monoisotopic (exact) mass is 250 g/mol. The van der Waals surface area contributed by atoms with Crippen LogP contribution in [0.15, 0.2) is 30.3 Å². The second kappa shape index (κ2) is 5.00. The molecule has 1 fully saturated rings. The third-order valence-electron chi connectivity index (χ3n) is 3.24. The van der Waals surface area contributed by atoms with E-state index in [1.165, 1.54) is 5.56 Å². The van der Waals surface area contributed by atoms with Crippen LogP contribution < -0.4 is 0 Å². The van der Waals surface area contributed by atoms with E-state index in [1.807, 2.05) is 45.9 Å². The van der Waals surface area contributed by atoms with Gasteiger partial charge in [0, 0.05) is 0 Å². The van der Waals surface area contributed by atoms with Crippen molar-refractivity contribution in [2.45, 2.75) is 51.8 Å². The van der Waals surface area contributed by atoms with E-state index in [-0.39, 0.29) is 11.7 Å². The summed E-state index contributed by atoms with van der Waals surface area (Å²) in [7, 11) is 0. The molecular formula is C15H22O3. The molecule has 1 saturated heterocycles. The van der Waals surface area contributed by atoms with Crippen molar-refractivity contribution in [3.05, 3.63) is 35.9 Å². The topological polar surface area (TPSA) is 27.7 Å². The van der Waals surface area contributed by atoms with Crippen molar-refractivity contribution >= 4 is 0 Å². The molecule has 1 heterocycles. The molecule has 0 saturated carbocycles. The molecule has 0 radical (unpaired) electrons. The molecule has 0 N–H and O–H groups in total. The Labute approximate surface area is 109 Å². The minimum atomic E-state index is -0.502. The maximum Gasteiger partial charge on any atom is 0.163 e. The van der Waals surface area contributed by atoms with Crippen LogP contribution in [0.3, 0.4) is 0 Å². The molecule has 3 nitrogen and oxygen atoms in total. The maximum atomic E-state index is 5.99. The van der Waals surface area contributed by atoms with Crippen molar-refractivity contribution < 1.29 is 14.2 Å². The number of ether oxygens (including phenoxy) is 3. The van der Waals surface area contributed by atoms with Gasteiger partial charge in [-0.05, 0) is 33.3 Å². The minimum absolute atomic E-state index is 0.0313. The molecule has 0 spiro atoms. The van der Waals surface area contributed by atoms with Gasteiger partial charge < -0.3 is 14.2 Å². The van der Waals surface area contributed by atoms with E-state index in [0.717, 1.165) is 0 Å². The highest BCUT2D eigenvalue weighted by Crippen LogP contribution is 2.31. The Hall–Kier alpha value is -0.900. The highest BCUT2D eigenvalue weighted by atomic mass is 16.8. The van der Waals surface area contributed by atoms with E-state index >= 15 is 0 Å². The van der Waals surface area contributed by atoms with E-state index in [1.54, 1.807) is 0 Å². The lowest BCUT2D eigenvalue weighted by Crippen LogP contribution is -2.41. The van der Waals surface area contributed by atoms with Gasteiger partial charge in [0.2, 0.25) is 0 Å². The second-order valence-corrected chi connectivity index (χ2v) is 5.70. The van der Waals surface area contributed by atoms with Gasteiger partial charge in [0.05, 0.1) is 18.8 Å². The molecule has 0 aromatic heterocycles. The van der Waals surface area contributed by atoms with Crippen LogP contribution in [-0.2, 0) is 20.8 Å². The third kappa shape index (κ3) is 3.31. The summed E-state index contributed by atoms with van der Waals surface area (Å²) in [5, 5.41) is 0. The molecule has 1 aliphatic heterocycles. The predicted molar refractivity (Wildman–Crippen MR) is 70.2 cm³/mol. The van der Waals surface area contributed by atoms with Gasteiger partial charge >= 0.3 is 0 Å². The largest absolute Gasteiger partial charge is 0.368 e. The first-order chi connectivity index (χ1) is 8.39. The molecule has 0 amide bonds. The van der Waals surface area contributed by atoms with E-state index in [9.17, 15) is 0 Å². The van der Waals surface area contributed by atoms with E-state index in [0.29, 0.717) is 13.2 Å². The third-order valence-corrected chi connectivity index (χ3v) is 3.24. The van der Waals surface area contributed by atoms with Crippen molar-refractivity contribution in [1.29, 1.82) is 0 Å². The van der Waals surface area contributed by atoms with Crippen LogP contribution in [0.5, 0.6) is 0 Å². The Balaban J connectivity index is 1.92. The summed E-state index contributed by atoms with van der Waals surface area (Å²) in [5.74, 6) is -0.502. The number of benzene rings is 1. The standard InChI is InChI=1S/C15H22O3/c1-14(2,13-11-17-15(3,4)18-13)16-10-12-8-6-5-7-9-12/h5-9,13H,10-11H2,1-4H3/t13-/m0/s1. The molecule has 0 unspecified atom stereocenters. The molecule has 0 bridgehead atoms. The summed E-state index contributed by atoms with van der Waals surface area (Å²) in [5.41, 5.74) is 0.813. The lowest BCUT2D eigenvalue weighted by atomic mass is 10.0. The summed E-state index contributed by atoms with van der Waals surface area (Å²) in [4.78, 5) is 0. The average molecular weight is 250 g/mol. The van der Waals surface area contributed by atoms with Crippen molar-refractivity contribution in [3.8, 4) is 0 Å². The van der Waals surface area contributed by atoms with Gasteiger partial charge in [-0.2, -0.15) is 0 Å². The van der Waals surface area contributed by atoms with Crippen molar-refractivity contribution in [3.63, 3.8) is 0 Å². The van der Waals surface area contributed by atoms with Gasteiger partial charge in [0.1, 0.15) is 6.10 Å². The lowest BCUT2D eigenvalue weighted by Gasteiger charge is -2.31. The highest BCUT2D eigenvalue weighted by Gasteiger charge is 2.42. The highest BCUT2D eigenvalue weighted by molar-refractivity contribution is 5.13. The molecule has 100 valence electrons. The normalized spacial score (nSPS) is 23.2. The van der Waals surface area contributed by atoms with E-state index < -0.39 is 5.79 Å². The molecular weight excluding hydrogens is 228 g/mol. The van der Waals surface area contributed by atoms with Gasteiger partial charge in [0.15, 0.2) is 5.79 Å². The fourth-order valence-corrected chi connectivity index (χ4v) is 1.97. The zero-order valence-corrected chi connectivity index (χ0v) is 11.6. The Kier molecular flexibility index (Phi) is 3.76. The molecule has 3 heteroatoms. The average Bonchev–Trinajstić information content (AvgIpc) is 2.69. The van der Waals surface area contributed by atoms with E-state index in [4.69, 9.17) is 14.2 Å². The van der Waals surface area contributed by atoms with Gasteiger partial charge in [0.25, 0.3) is 0 Å². The predicted octanol–water partition coefficient (Wildman–Crippen LogP) is 3.13. The van der Waals surface area contributed by atoms with Crippen molar-refractivity contribution in [2.75, 3.05) is 6.61 Å². The first-order valence-corrected chi connectivity index (χ1v) is 6.39. The van der Waals surface area contributed by atoms with E-state index in [2.05, 4.69) is 12.1 Å². The zero-order chi connectivity index (χ0) is 13.2. The smallest absolute Gasteiger partial charge is 0.163 e. The first kappa shape index (κ1) is 13.5. The summed E-state index contributed by atoms with van der Waals surface area (Å²) in [6.45, 7) is 9.13. The van der Waals surface area contributed by atoms with Gasteiger partial charge in [-0.15, -0.1) is 0 Å². The molecule has 18 heavy (non-hydrogen) atoms. The zero-order valence-electron chi connectivity index (χ0n) is 11.6. The van der Waals surface area contributed by atoms with Crippen LogP contribution in [0.25, 0.3) is 0 Å². The summed E-state index contributed by atoms with van der Waals surface area (Å²) < 4.78 is 17.4. The fraction of sp³-hybridized carbons (Fsp3) is 0.600. The first-order valence-electron chi connectivity index (χ1n) is 6.39. The van der Waals surface area contributed by atoms with Crippen molar-refractivity contribution in [1.82, 2.24) is 0 Å².